The van der Waals surface area contributed by atoms with Crippen LogP contribution in [0.5, 0.6) is 0 Å². The molecule has 14 heteroatoms. The van der Waals surface area contributed by atoms with Gasteiger partial charge < -0.3 is 64.5 Å². The van der Waals surface area contributed by atoms with Crippen molar-refractivity contribution in [2.24, 2.45) is 46.3 Å². The Morgan fingerprint density at radius 2 is 1.66 bits per heavy atom. The zero-order valence-electron chi connectivity index (χ0n) is 34.3. The molecule has 0 radical (unpaired) electrons. The van der Waals surface area contributed by atoms with Gasteiger partial charge in [0.25, 0.3) is 0 Å². The van der Waals surface area contributed by atoms with Gasteiger partial charge in [-0.05, 0) is 80.6 Å². The first kappa shape index (κ1) is 44.0. The van der Waals surface area contributed by atoms with Crippen LogP contribution in [0.1, 0.15) is 79.1 Å². The maximum Gasteiger partial charge on any atom is 0.337 e. The standard InChI is InChI=1S/C44H66O14/c1-7-25-34(48)31(19-46)56-40(35(25)49)54-20-32-36(50)37(51)38(52)41(57-32)55-24-15-23-9-10-26-29-12-11-28(42(29,5)14-13-30(26)43(23,6)33(47)16-24)22(4)44(8-2)17-21(3)27(18-45)39(53)58-44/h7-9,22,24-26,28-38,40-41,45-52H,1-2,10-20H2,3-6H3/t22-,24+,25-,26-,28+,29?,30-,31+,32+,33-,34-,35+,36+,37-,38+,40+,41?,42+,43-,44+/m0/s1. The summed E-state index contributed by atoms with van der Waals surface area (Å²) in [7, 11) is 0. The highest BCUT2D eigenvalue weighted by molar-refractivity contribution is 5.91. The molecule has 3 saturated carbocycles. The fourth-order valence-electron chi connectivity index (χ4n) is 12.8. The van der Waals surface area contributed by atoms with Gasteiger partial charge in [0.15, 0.2) is 12.6 Å². The molecule has 7 rings (SSSR count). The zero-order chi connectivity index (χ0) is 42.1. The average Bonchev–Trinajstić information content (AvgIpc) is 3.55. The fourth-order valence-corrected chi connectivity index (χ4v) is 12.8. The van der Waals surface area contributed by atoms with Crippen LogP contribution in [0.25, 0.3) is 0 Å². The fraction of sp³-hybridized carbons (Fsp3) is 0.795. The molecule has 0 bridgehead atoms. The van der Waals surface area contributed by atoms with Crippen molar-refractivity contribution < 1.29 is 69.3 Å². The maximum absolute atomic E-state index is 13.0. The summed E-state index contributed by atoms with van der Waals surface area (Å²) in [5, 5.41) is 85.3. The lowest BCUT2D eigenvalue weighted by Gasteiger charge is -2.60. The molecule has 7 aliphatic rings. The summed E-state index contributed by atoms with van der Waals surface area (Å²) in [5.74, 6) is 0.0103. The number of allylic oxidation sites excluding steroid dienone is 1. The van der Waals surface area contributed by atoms with Gasteiger partial charge in [0.05, 0.1) is 43.7 Å². The van der Waals surface area contributed by atoms with Gasteiger partial charge in [-0.1, -0.05) is 50.6 Å². The SMILES string of the molecule is C=C[C@@H]1[C@@H](O)[C@H](OC[C@H]2OC(O[C@@H]3CC4=CC[C@H]5C6CC[C@H]([C@H](C)[C@@]7(C=C)CC(C)=C(CO)C(=O)O7)[C@@]6(C)CC[C@@H]5[C@@]4(C)[C@@H](O)C3)[C@H](O)[C@@H](O)[C@@H]2O)O[C@H](CO)[C@H]1O. The van der Waals surface area contributed by atoms with Crippen LogP contribution >= 0.6 is 0 Å². The van der Waals surface area contributed by atoms with E-state index in [0.29, 0.717) is 36.2 Å². The lowest BCUT2D eigenvalue weighted by molar-refractivity contribution is -0.333. The van der Waals surface area contributed by atoms with Crippen molar-refractivity contribution in [3.63, 3.8) is 0 Å². The third-order valence-corrected chi connectivity index (χ3v) is 16.3. The highest BCUT2D eigenvalue weighted by Crippen LogP contribution is 2.68. The van der Waals surface area contributed by atoms with Gasteiger partial charge in [0.2, 0.25) is 0 Å². The molecule has 2 unspecified atom stereocenters. The predicted molar refractivity (Wildman–Crippen MR) is 208 cm³/mol. The number of hydrogen-bond acceptors (Lipinski definition) is 14. The molecule has 2 saturated heterocycles. The van der Waals surface area contributed by atoms with E-state index >= 15 is 0 Å². The normalized spacial score (nSPS) is 49.9. The Balaban J connectivity index is 1.02. The van der Waals surface area contributed by atoms with E-state index in [4.69, 9.17) is 23.7 Å². The van der Waals surface area contributed by atoms with E-state index in [1.54, 1.807) is 6.08 Å². The summed E-state index contributed by atoms with van der Waals surface area (Å²) < 4.78 is 29.7. The van der Waals surface area contributed by atoms with E-state index in [2.05, 4.69) is 40.0 Å². The predicted octanol–water partition coefficient (Wildman–Crippen LogP) is 1.80. The zero-order valence-corrected chi connectivity index (χ0v) is 34.3. The maximum atomic E-state index is 13.0. The van der Waals surface area contributed by atoms with E-state index in [9.17, 15) is 45.6 Å². The molecular weight excluding hydrogens is 752 g/mol. The summed E-state index contributed by atoms with van der Waals surface area (Å²) >= 11 is 0. The van der Waals surface area contributed by atoms with E-state index in [-0.39, 0.29) is 36.9 Å². The minimum Gasteiger partial charge on any atom is -0.451 e. The molecule has 0 spiro atoms. The van der Waals surface area contributed by atoms with Crippen molar-refractivity contribution in [3.05, 3.63) is 48.1 Å². The molecule has 58 heavy (non-hydrogen) atoms. The molecule has 20 atom stereocenters. The van der Waals surface area contributed by atoms with Gasteiger partial charge in [-0.15, -0.1) is 6.58 Å². The van der Waals surface area contributed by atoms with Crippen molar-refractivity contribution in [3.8, 4) is 0 Å². The molecule has 8 N–H and O–H groups in total. The summed E-state index contributed by atoms with van der Waals surface area (Å²) in [4.78, 5) is 13.0. The van der Waals surface area contributed by atoms with Crippen molar-refractivity contribution in [1.82, 2.24) is 0 Å². The van der Waals surface area contributed by atoms with Gasteiger partial charge in [-0.25, -0.2) is 4.79 Å². The number of carbonyl (C=O) groups is 1. The summed E-state index contributed by atoms with van der Waals surface area (Å²) in [6.45, 7) is 15.2. The second kappa shape index (κ2) is 16.7. The number of esters is 1. The average molecular weight is 819 g/mol. The van der Waals surface area contributed by atoms with Crippen LogP contribution < -0.4 is 0 Å². The Kier molecular flexibility index (Phi) is 12.7. The quantitative estimate of drug-likeness (QED) is 0.110. The Bertz CT molecular complexity index is 1620. The number of rotatable bonds is 11. The van der Waals surface area contributed by atoms with Crippen molar-refractivity contribution >= 4 is 5.97 Å². The van der Waals surface area contributed by atoms with Crippen LogP contribution in [0.15, 0.2) is 48.1 Å². The molecule has 0 aromatic carbocycles. The highest BCUT2D eigenvalue weighted by Gasteiger charge is 2.63. The summed E-state index contributed by atoms with van der Waals surface area (Å²) in [6.07, 6.45) is -2.05. The Morgan fingerprint density at radius 3 is 2.31 bits per heavy atom. The molecule has 5 fully saturated rings. The van der Waals surface area contributed by atoms with E-state index in [0.717, 1.165) is 43.3 Å². The van der Waals surface area contributed by atoms with Crippen LogP contribution in [0.4, 0.5) is 0 Å². The largest absolute Gasteiger partial charge is 0.451 e. The molecule has 4 aliphatic carbocycles. The van der Waals surface area contributed by atoms with Crippen LogP contribution in [0.3, 0.4) is 0 Å². The van der Waals surface area contributed by atoms with Crippen LogP contribution in [-0.2, 0) is 28.5 Å². The van der Waals surface area contributed by atoms with E-state index in [1.165, 1.54) is 6.08 Å². The van der Waals surface area contributed by atoms with Gasteiger partial charge >= 0.3 is 5.97 Å². The number of fused-ring (bicyclic) bond motifs is 5. The monoisotopic (exact) mass is 818 g/mol. The van der Waals surface area contributed by atoms with Gasteiger partial charge in [-0.2, -0.15) is 0 Å². The Hall–Kier alpha value is -2.05. The first-order valence-corrected chi connectivity index (χ1v) is 21.2. The lowest BCUT2D eigenvalue weighted by atomic mass is 9.46. The van der Waals surface area contributed by atoms with Gasteiger partial charge in [-0.3, -0.25) is 0 Å². The molecule has 14 nitrogen and oxygen atoms in total. The minimum absolute atomic E-state index is 0.00131. The highest BCUT2D eigenvalue weighted by atomic mass is 16.7. The summed E-state index contributed by atoms with van der Waals surface area (Å²) in [6, 6.07) is 0. The number of hydrogen-bond donors (Lipinski definition) is 8. The van der Waals surface area contributed by atoms with Crippen LogP contribution in [-0.4, -0.2) is 140 Å². The number of cyclic esters (lactones) is 1. The molecule has 0 aromatic heterocycles. The van der Waals surface area contributed by atoms with Crippen LogP contribution in [0.2, 0.25) is 0 Å². The van der Waals surface area contributed by atoms with Crippen molar-refractivity contribution in [1.29, 1.82) is 0 Å². The van der Waals surface area contributed by atoms with E-state index in [1.807, 2.05) is 6.92 Å². The third-order valence-electron chi connectivity index (χ3n) is 16.3. The topological polar surface area (TPSA) is 225 Å². The van der Waals surface area contributed by atoms with Crippen LogP contribution in [0, 0.1) is 46.3 Å². The number of ether oxygens (including phenoxy) is 5. The second-order valence-electron chi connectivity index (χ2n) is 18.9. The van der Waals surface area contributed by atoms with E-state index < -0.39 is 97.0 Å². The van der Waals surface area contributed by atoms with Gasteiger partial charge in [0, 0.05) is 30.1 Å². The molecule has 0 amide bonds. The number of carbonyl (C=O) groups excluding carboxylic acids is 1. The Morgan fingerprint density at radius 1 is 0.931 bits per heavy atom. The molecule has 3 aliphatic heterocycles. The molecule has 326 valence electrons. The lowest BCUT2D eigenvalue weighted by Crippen LogP contribution is -2.61. The second-order valence-corrected chi connectivity index (χ2v) is 18.9. The third kappa shape index (κ3) is 7.10. The molecule has 0 aromatic rings. The number of aliphatic hydroxyl groups excluding tert-OH is 8. The Labute approximate surface area is 341 Å². The first-order valence-electron chi connectivity index (χ1n) is 21.2. The molecule has 3 heterocycles. The number of aliphatic hydroxyl groups is 8. The molecular formula is C44H66O14. The van der Waals surface area contributed by atoms with Crippen molar-refractivity contribution in [2.75, 3.05) is 19.8 Å². The summed E-state index contributed by atoms with van der Waals surface area (Å²) in [5.41, 5.74) is 0.963. The van der Waals surface area contributed by atoms with Gasteiger partial charge in [0.1, 0.15) is 42.2 Å². The minimum atomic E-state index is -1.65. The van der Waals surface area contributed by atoms with Crippen molar-refractivity contribution in [2.45, 2.75) is 152 Å². The first-order chi connectivity index (χ1) is 27.5. The smallest absolute Gasteiger partial charge is 0.337 e.